The van der Waals surface area contributed by atoms with Gasteiger partial charge < -0.3 is 10.1 Å². The minimum atomic E-state index is -0.200. The molecule has 7 rings (SSSR count). The van der Waals surface area contributed by atoms with E-state index in [4.69, 9.17) is 4.74 Å². The number of likely N-dealkylation sites (tertiary alicyclic amines) is 1. The van der Waals surface area contributed by atoms with Crippen LogP contribution in [0.1, 0.15) is 68.1 Å². The van der Waals surface area contributed by atoms with Crippen molar-refractivity contribution in [2.75, 3.05) is 20.2 Å². The standard InChI is InChI=1S/C30H38N2O2/c1-34-27-10-8-26(9-11-27)29-15-22-14-23(16-29)18-30(17-22,21-29)28(33)31-19-24-6-2-3-7-25(24)20-32-12-4-5-13-32/h2-3,6-11,22-23H,4-5,12-21H2,1H3,(H,31,33)/t22-,23-,29?,30?/m1/s1. The molecule has 4 saturated carbocycles. The van der Waals surface area contributed by atoms with Crippen molar-refractivity contribution in [1.82, 2.24) is 10.2 Å². The Balaban J connectivity index is 1.20. The van der Waals surface area contributed by atoms with E-state index in [9.17, 15) is 4.79 Å². The predicted molar refractivity (Wildman–Crippen MR) is 135 cm³/mol. The third-order valence-corrected chi connectivity index (χ3v) is 9.40. The van der Waals surface area contributed by atoms with Gasteiger partial charge in [0.2, 0.25) is 5.91 Å². The first-order chi connectivity index (χ1) is 16.6. The smallest absolute Gasteiger partial charge is 0.226 e. The van der Waals surface area contributed by atoms with Crippen LogP contribution in [0.5, 0.6) is 5.75 Å². The van der Waals surface area contributed by atoms with Crippen LogP contribution in [0.2, 0.25) is 0 Å². The summed E-state index contributed by atoms with van der Waals surface area (Å²) in [7, 11) is 1.72. The molecule has 2 aromatic carbocycles. The number of hydrogen-bond donors (Lipinski definition) is 1. The van der Waals surface area contributed by atoms with E-state index in [0.29, 0.717) is 24.3 Å². The van der Waals surface area contributed by atoms with Crippen LogP contribution in [0.15, 0.2) is 48.5 Å². The minimum Gasteiger partial charge on any atom is -0.497 e. The van der Waals surface area contributed by atoms with Gasteiger partial charge in [-0.15, -0.1) is 0 Å². The summed E-state index contributed by atoms with van der Waals surface area (Å²) in [6.07, 6.45) is 9.55. The number of carbonyl (C=O) groups is 1. The molecule has 1 N–H and O–H groups in total. The Morgan fingerprint density at radius 1 is 0.971 bits per heavy atom. The number of ether oxygens (including phenoxy) is 1. The zero-order valence-electron chi connectivity index (χ0n) is 20.5. The number of amides is 1. The van der Waals surface area contributed by atoms with Crippen molar-refractivity contribution >= 4 is 5.91 Å². The molecule has 4 bridgehead atoms. The van der Waals surface area contributed by atoms with Gasteiger partial charge in [0.05, 0.1) is 12.5 Å². The van der Waals surface area contributed by atoms with E-state index in [2.05, 4.69) is 58.7 Å². The van der Waals surface area contributed by atoms with Crippen LogP contribution in [-0.4, -0.2) is 31.0 Å². The Bertz CT molecular complexity index is 1030. The first-order valence-electron chi connectivity index (χ1n) is 13.3. The molecule has 1 aliphatic heterocycles. The Morgan fingerprint density at radius 2 is 1.65 bits per heavy atom. The van der Waals surface area contributed by atoms with E-state index >= 15 is 0 Å². The van der Waals surface area contributed by atoms with Crippen LogP contribution in [0.4, 0.5) is 0 Å². The summed E-state index contributed by atoms with van der Waals surface area (Å²) in [6.45, 7) is 4.04. The molecule has 0 radical (unpaired) electrons. The molecule has 4 heteroatoms. The van der Waals surface area contributed by atoms with Gasteiger partial charge in [-0.25, -0.2) is 0 Å². The van der Waals surface area contributed by atoms with Gasteiger partial charge in [0.1, 0.15) is 5.75 Å². The maximum Gasteiger partial charge on any atom is 0.226 e. The van der Waals surface area contributed by atoms with E-state index < -0.39 is 0 Å². The molecule has 0 aromatic heterocycles. The molecule has 5 aliphatic rings. The van der Waals surface area contributed by atoms with Gasteiger partial charge in [-0.2, -0.15) is 0 Å². The predicted octanol–water partition coefficient (Wildman–Crippen LogP) is 5.45. The van der Waals surface area contributed by atoms with Gasteiger partial charge in [-0.3, -0.25) is 9.69 Å². The summed E-state index contributed by atoms with van der Waals surface area (Å²) in [5.41, 5.74) is 4.01. The van der Waals surface area contributed by atoms with Crippen LogP contribution < -0.4 is 10.1 Å². The lowest BCUT2D eigenvalue weighted by Gasteiger charge is -2.61. The quantitative estimate of drug-likeness (QED) is 0.600. The van der Waals surface area contributed by atoms with Crippen molar-refractivity contribution in [3.05, 3.63) is 65.2 Å². The molecule has 4 aliphatic carbocycles. The van der Waals surface area contributed by atoms with E-state index in [1.54, 1.807) is 7.11 Å². The lowest BCUT2D eigenvalue weighted by molar-refractivity contribution is -0.149. The summed E-state index contributed by atoms with van der Waals surface area (Å²) in [5.74, 6) is 2.57. The number of rotatable bonds is 7. The molecule has 0 spiro atoms. The van der Waals surface area contributed by atoms with E-state index in [1.165, 1.54) is 61.9 Å². The topological polar surface area (TPSA) is 41.6 Å². The Labute approximate surface area is 204 Å². The van der Waals surface area contributed by atoms with Crippen LogP contribution >= 0.6 is 0 Å². The van der Waals surface area contributed by atoms with Gasteiger partial charge in [-0.1, -0.05) is 36.4 Å². The Morgan fingerprint density at radius 3 is 2.32 bits per heavy atom. The van der Waals surface area contributed by atoms with E-state index in [-0.39, 0.29) is 10.8 Å². The molecule has 5 fully saturated rings. The third-order valence-electron chi connectivity index (χ3n) is 9.40. The van der Waals surface area contributed by atoms with Crippen LogP contribution in [0, 0.1) is 17.3 Å². The number of nitrogens with one attached hydrogen (secondary N) is 1. The third kappa shape index (κ3) is 3.94. The lowest BCUT2D eigenvalue weighted by atomic mass is 9.42. The Kier molecular flexibility index (Phi) is 5.68. The van der Waals surface area contributed by atoms with E-state index in [0.717, 1.165) is 31.6 Å². The van der Waals surface area contributed by atoms with Crippen molar-refractivity contribution in [2.45, 2.75) is 69.9 Å². The van der Waals surface area contributed by atoms with Gasteiger partial charge in [0.15, 0.2) is 0 Å². The van der Waals surface area contributed by atoms with Crippen molar-refractivity contribution in [3.8, 4) is 5.75 Å². The molecule has 1 heterocycles. The molecular weight excluding hydrogens is 420 g/mol. The fraction of sp³-hybridized carbons (Fsp3) is 0.567. The fourth-order valence-corrected chi connectivity index (χ4v) is 8.24. The molecule has 0 unspecified atom stereocenters. The first-order valence-corrected chi connectivity index (χ1v) is 13.3. The van der Waals surface area contributed by atoms with Crippen LogP contribution in [0.3, 0.4) is 0 Å². The summed E-state index contributed by atoms with van der Waals surface area (Å²) in [4.78, 5) is 16.4. The average Bonchev–Trinajstić information content (AvgIpc) is 3.36. The van der Waals surface area contributed by atoms with Gasteiger partial charge >= 0.3 is 0 Å². The number of benzene rings is 2. The van der Waals surface area contributed by atoms with Crippen molar-refractivity contribution in [1.29, 1.82) is 0 Å². The zero-order valence-corrected chi connectivity index (χ0v) is 20.5. The molecule has 34 heavy (non-hydrogen) atoms. The van der Waals surface area contributed by atoms with Crippen LogP contribution in [0.25, 0.3) is 0 Å². The normalized spacial score (nSPS) is 32.1. The van der Waals surface area contributed by atoms with Crippen molar-refractivity contribution < 1.29 is 9.53 Å². The highest BCUT2D eigenvalue weighted by Crippen LogP contribution is 2.65. The lowest BCUT2D eigenvalue weighted by Crippen LogP contribution is -2.59. The zero-order chi connectivity index (χ0) is 23.2. The van der Waals surface area contributed by atoms with Gasteiger partial charge in [-0.05, 0) is 111 Å². The molecule has 2 atom stereocenters. The van der Waals surface area contributed by atoms with Crippen molar-refractivity contribution in [2.24, 2.45) is 17.3 Å². The highest BCUT2D eigenvalue weighted by atomic mass is 16.5. The second-order valence-electron chi connectivity index (χ2n) is 11.7. The highest BCUT2D eigenvalue weighted by molar-refractivity contribution is 5.83. The van der Waals surface area contributed by atoms with Crippen LogP contribution in [-0.2, 0) is 23.3 Å². The minimum absolute atomic E-state index is 0.154. The molecular formula is C30H38N2O2. The number of nitrogens with zero attached hydrogens (tertiary/aromatic N) is 1. The van der Waals surface area contributed by atoms with Gasteiger partial charge in [0, 0.05) is 13.1 Å². The summed E-state index contributed by atoms with van der Waals surface area (Å²) in [6, 6.07) is 17.4. The molecule has 180 valence electrons. The number of methoxy groups -OCH3 is 1. The highest BCUT2D eigenvalue weighted by Gasteiger charge is 2.60. The molecule has 1 saturated heterocycles. The largest absolute Gasteiger partial charge is 0.497 e. The molecule has 2 aromatic rings. The first kappa shape index (κ1) is 22.2. The van der Waals surface area contributed by atoms with Gasteiger partial charge in [0.25, 0.3) is 0 Å². The average molecular weight is 459 g/mol. The second-order valence-corrected chi connectivity index (χ2v) is 11.7. The van der Waals surface area contributed by atoms with Crippen molar-refractivity contribution in [3.63, 3.8) is 0 Å². The summed E-state index contributed by atoms with van der Waals surface area (Å²) >= 11 is 0. The Hall–Kier alpha value is -2.33. The maximum atomic E-state index is 13.9. The molecule has 1 amide bonds. The second kappa shape index (κ2) is 8.71. The number of carbonyl (C=O) groups excluding carboxylic acids is 1. The monoisotopic (exact) mass is 458 g/mol. The maximum absolute atomic E-state index is 13.9. The SMILES string of the molecule is COc1ccc(C23C[C@H]4C[C@@H](CC(C(=O)NCc5ccccc5CN5CCCC5)(C4)C2)C3)cc1. The molecule has 4 nitrogen and oxygen atoms in total. The fourth-order valence-electron chi connectivity index (χ4n) is 8.24. The number of hydrogen-bond acceptors (Lipinski definition) is 3. The summed E-state index contributed by atoms with van der Waals surface area (Å²) < 4.78 is 5.40. The van der Waals surface area contributed by atoms with E-state index in [1.807, 2.05) is 0 Å². The summed E-state index contributed by atoms with van der Waals surface area (Å²) in [5, 5.41) is 3.43.